The molecule has 2 aliphatic carbocycles. The van der Waals surface area contributed by atoms with Crippen LogP contribution in [0.2, 0.25) is 0 Å². The van der Waals surface area contributed by atoms with Crippen LogP contribution in [-0.4, -0.2) is 76.2 Å². The first kappa shape index (κ1) is 27.8. The molecule has 1 aliphatic heterocycles. The second-order valence-corrected chi connectivity index (χ2v) is 11.5. The van der Waals surface area contributed by atoms with E-state index in [9.17, 15) is 37.9 Å². The van der Waals surface area contributed by atoms with Crippen molar-refractivity contribution in [1.82, 2.24) is 20.9 Å². The number of fused-ring (bicyclic) bond motifs is 1. The number of amides is 4. The first-order valence-corrected chi connectivity index (χ1v) is 12.4. The van der Waals surface area contributed by atoms with Crippen molar-refractivity contribution in [3.63, 3.8) is 0 Å². The number of carbonyl (C=O) groups excluding carboxylic acids is 4. The van der Waals surface area contributed by atoms with Gasteiger partial charge in [-0.3, -0.25) is 19.2 Å². The third-order valence-electron chi connectivity index (χ3n) is 7.22. The molecule has 0 radical (unpaired) electrons. The van der Waals surface area contributed by atoms with Crippen LogP contribution in [-0.2, 0) is 19.2 Å². The molecule has 12 heteroatoms. The molecule has 10 nitrogen and oxygen atoms in total. The second-order valence-electron chi connectivity index (χ2n) is 11.5. The normalized spacial score (nSPS) is 25.2. The topological polar surface area (TPSA) is 145 Å². The van der Waals surface area contributed by atoms with Crippen LogP contribution in [0.4, 0.5) is 13.6 Å². The number of ketones is 1. The Labute approximate surface area is 208 Å². The van der Waals surface area contributed by atoms with E-state index in [1.165, 1.54) is 4.90 Å². The number of Topliss-reactive ketones (excluding diaryl/α,β-unsaturated/α-hetero) is 1. The van der Waals surface area contributed by atoms with E-state index in [2.05, 4.69) is 16.0 Å². The zero-order valence-electron chi connectivity index (χ0n) is 21.1. The van der Waals surface area contributed by atoms with E-state index in [-0.39, 0.29) is 24.4 Å². The minimum atomic E-state index is -3.10. The van der Waals surface area contributed by atoms with E-state index >= 15 is 0 Å². The average Bonchev–Trinajstić information content (AvgIpc) is 3.50. The number of nitrogens with zero attached hydrogens (tertiary/aromatic N) is 1. The number of hydrogen-bond donors (Lipinski definition) is 4. The van der Waals surface area contributed by atoms with Gasteiger partial charge in [0, 0.05) is 19.0 Å². The lowest BCUT2D eigenvalue weighted by Gasteiger charge is -2.36. The van der Waals surface area contributed by atoms with Gasteiger partial charge in [0.2, 0.25) is 23.5 Å². The number of alkyl halides is 2. The monoisotopic (exact) mass is 514 g/mol. The number of carboxylic acid groups (broad SMARTS) is 1. The number of nitrogens with one attached hydrogen (secondary N) is 3. The van der Waals surface area contributed by atoms with Gasteiger partial charge in [0.1, 0.15) is 12.1 Å². The van der Waals surface area contributed by atoms with Gasteiger partial charge in [-0.15, -0.1) is 0 Å². The minimum absolute atomic E-state index is 0.0439. The maximum Gasteiger partial charge on any atom is 0.405 e. The summed E-state index contributed by atoms with van der Waals surface area (Å²) in [7, 11) is 0. The zero-order valence-corrected chi connectivity index (χ0v) is 21.1. The molecular formula is C24H36F2N4O6. The highest BCUT2D eigenvalue weighted by Crippen LogP contribution is 2.45. The van der Waals surface area contributed by atoms with Crippen LogP contribution >= 0.6 is 0 Å². The Morgan fingerprint density at radius 3 is 2.11 bits per heavy atom. The highest BCUT2D eigenvalue weighted by Gasteiger charge is 2.54. The molecule has 0 spiro atoms. The maximum atomic E-state index is 13.6. The SMILES string of the molecule is CC(F)(F)CC[C@H](NC(=O)C1C2CCC2CN1C(=O)[C@@H](NC(=O)O)C(C)(C)C)C(=O)C(=O)NC1CC1. The Hall–Kier alpha value is -2.79. The molecule has 202 valence electrons. The molecule has 4 N–H and O–H groups in total. The van der Waals surface area contributed by atoms with Crippen molar-refractivity contribution in [3.8, 4) is 0 Å². The second kappa shape index (κ2) is 10.3. The fourth-order valence-electron chi connectivity index (χ4n) is 4.90. The summed E-state index contributed by atoms with van der Waals surface area (Å²) in [5.74, 6) is -6.44. The number of carbonyl (C=O) groups is 5. The summed E-state index contributed by atoms with van der Waals surface area (Å²) in [6, 6.07) is -3.70. The molecule has 0 bridgehead atoms. The minimum Gasteiger partial charge on any atom is -0.465 e. The van der Waals surface area contributed by atoms with Crippen LogP contribution in [0.5, 0.6) is 0 Å². The molecule has 5 atom stereocenters. The average molecular weight is 515 g/mol. The van der Waals surface area contributed by atoms with E-state index in [0.717, 1.165) is 19.3 Å². The summed E-state index contributed by atoms with van der Waals surface area (Å²) in [4.78, 5) is 64.7. The van der Waals surface area contributed by atoms with Crippen molar-refractivity contribution in [2.75, 3.05) is 6.54 Å². The summed E-state index contributed by atoms with van der Waals surface area (Å²) in [6.07, 6.45) is 0.376. The molecule has 0 aromatic heterocycles. The maximum absolute atomic E-state index is 13.6. The largest absolute Gasteiger partial charge is 0.465 e. The number of hydrogen-bond acceptors (Lipinski definition) is 5. The smallest absolute Gasteiger partial charge is 0.405 e. The van der Waals surface area contributed by atoms with Crippen LogP contribution < -0.4 is 16.0 Å². The molecule has 1 saturated heterocycles. The Bertz CT molecular complexity index is 911. The quantitative estimate of drug-likeness (QED) is 0.327. The molecule has 3 aliphatic rings. The van der Waals surface area contributed by atoms with Crippen LogP contribution in [0.15, 0.2) is 0 Å². The number of rotatable bonds is 10. The summed E-state index contributed by atoms with van der Waals surface area (Å²) >= 11 is 0. The van der Waals surface area contributed by atoms with Gasteiger partial charge in [-0.2, -0.15) is 0 Å². The van der Waals surface area contributed by atoms with Gasteiger partial charge in [-0.05, 0) is 56.3 Å². The molecule has 3 fully saturated rings. The van der Waals surface area contributed by atoms with Gasteiger partial charge in [-0.25, -0.2) is 13.6 Å². The summed E-state index contributed by atoms with van der Waals surface area (Å²) in [6.45, 7) is 6.04. The molecule has 2 saturated carbocycles. The molecule has 0 aromatic carbocycles. The predicted molar refractivity (Wildman–Crippen MR) is 124 cm³/mol. The molecule has 0 aromatic rings. The number of halogens is 2. The molecule has 3 rings (SSSR count). The molecule has 1 heterocycles. The predicted octanol–water partition coefficient (Wildman–Crippen LogP) is 1.67. The Balaban J connectivity index is 1.80. The molecule has 36 heavy (non-hydrogen) atoms. The Morgan fingerprint density at radius 2 is 1.64 bits per heavy atom. The van der Waals surface area contributed by atoms with E-state index in [1.54, 1.807) is 20.8 Å². The van der Waals surface area contributed by atoms with Gasteiger partial charge >= 0.3 is 6.09 Å². The fourth-order valence-corrected chi connectivity index (χ4v) is 4.90. The highest BCUT2D eigenvalue weighted by atomic mass is 19.3. The first-order chi connectivity index (χ1) is 16.6. The lowest BCUT2D eigenvalue weighted by atomic mass is 9.73. The van der Waals surface area contributed by atoms with Crippen LogP contribution in [0.25, 0.3) is 0 Å². The van der Waals surface area contributed by atoms with Crippen LogP contribution in [0, 0.1) is 17.3 Å². The molecular weight excluding hydrogens is 478 g/mol. The van der Waals surface area contributed by atoms with E-state index < -0.39 is 71.9 Å². The van der Waals surface area contributed by atoms with E-state index in [4.69, 9.17) is 0 Å². The zero-order chi connectivity index (χ0) is 27.0. The van der Waals surface area contributed by atoms with Crippen LogP contribution in [0.3, 0.4) is 0 Å². The van der Waals surface area contributed by atoms with Crippen molar-refractivity contribution in [2.24, 2.45) is 17.3 Å². The Kier molecular flexibility index (Phi) is 7.95. The van der Waals surface area contributed by atoms with Crippen molar-refractivity contribution < 1.29 is 37.9 Å². The molecule has 3 unspecified atom stereocenters. The third-order valence-corrected chi connectivity index (χ3v) is 7.22. The van der Waals surface area contributed by atoms with E-state index in [0.29, 0.717) is 13.3 Å². The van der Waals surface area contributed by atoms with E-state index in [1.807, 2.05) is 0 Å². The molecule has 4 amide bonds. The van der Waals surface area contributed by atoms with Crippen molar-refractivity contribution in [1.29, 1.82) is 0 Å². The summed E-state index contributed by atoms with van der Waals surface area (Å²) in [5, 5.41) is 16.5. The fraction of sp³-hybridized carbons (Fsp3) is 0.792. The standard InChI is InChI=1S/C24H36F2N4O6/c1-23(2,3)18(29-22(35)36)21(34)30-11-12-5-8-14(12)16(30)19(32)28-15(9-10-24(4,25)26)17(31)20(33)27-13-6-7-13/h12-16,18,29H,5-11H2,1-4H3,(H,27,33)(H,28,32)(H,35,36)/t12?,14?,15-,16?,18+/m0/s1. The summed E-state index contributed by atoms with van der Waals surface area (Å²) < 4.78 is 27.1. The van der Waals surface area contributed by atoms with Gasteiger partial charge < -0.3 is 26.0 Å². The van der Waals surface area contributed by atoms with Crippen molar-refractivity contribution in [2.45, 2.75) is 96.3 Å². The lowest BCUT2D eigenvalue weighted by molar-refractivity contribution is -0.145. The summed E-state index contributed by atoms with van der Waals surface area (Å²) in [5.41, 5.74) is -0.787. The van der Waals surface area contributed by atoms with Gasteiger partial charge in [0.25, 0.3) is 5.91 Å². The lowest BCUT2D eigenvalue weighted by Crippen LogP contribution is -2.60. The van der Waals surface area contributed by atoms with Crippen molar-refractivity contribution >= 4 is 29.6 Å². The van der Waals surface area contributed by atoms with Gasteiger partial charge in [-0.1, -0.05) is 20.8 Å². The van der Waals surface area contributed by atoms with Crippen LogP contribution in [0.1, 0.15) is 66.2 Å². The van der Waals surface area contributed by atoms with Gasteiger partial charge in [0.05, 0.1) is 6.04 Å². The third kappa shape index (κ3) is 6.70. The number of likely N-dealkylation sites (tertiary alicyclic amines) is 1. The van der Waals surface area contributed by atoms with Crippen molar-refractivity contribution in [3.05, 3.63) is 0 Å². The Morgan fingerprint density at radius 1 is 1.00 bits per heavy atom. The first-order valence-electron chi connectivity index (χ1n) is 12.4. The van der Waals surface area contributed by atoms with Gasteiger partial charge in [0.15, 0.2) is 0 Å². The highest BCUT2D eigenvalue weighted by molar-refractivity contribution is 6.38.